The lowest BCUT2D eigenvalue weighted by Gasteiger charge is -2.09. The third-order valence-corrected chi connectivity index (χ3v) is 4.36. The van der Waals surface area contributed by atoms with Crippen LogP contribution in [0.2, 0.25) is 5.02 Å². The topological polar surface area (TPSA) is 50.7 Å². The monoisotopic (exact) mass is 354 g/mol. The summed E-state index contributed by atoms with van der Waals surface area (Å²) >= 11 is 10.8. The van der Waals surface area contributed by atoms with Crippen LogP contribution in [-0.4, -0.2) is 13.7 Å². The molecule has 0 amide bonds. The van der Waals surface area contributed by atoms with E-state index in [0.29, 0.717) is 5.02 Å². The van der Waals surface area contributed by atoms with E-state index in [4.69, 9.17) is 11.6 Å². The van der Waals surface area contributed by atoms with Gasteiger partial charge in [0.15, 0.2) is 0 Å². The lowest BCUT2D eigenvalue weighted by molar-refractivity contribution is 1.25. The zero-order chi connectivity index (χ0) is 13.4. The average molecular weight is 356 g/mol. The first-order chi connectivity index (χ1) is 9.15. The first-order valence-electron chi connectivity index (χ1n) is 5.45. The number of benzene rings is 1. The second kappa shape index (κ2) is 5.03. The molecule has 0 saturated heterocycles. The predicted octanol–water partition coefficient (Wildman–Crippen LogP) is 4.55. The molecular formula is C12H8BrClN4S. The number of hydrogen-bond acceptors (Lipinski definition) is 5. The number of anilines is 2. The molecule has 19 heavy (non-hydrogen) atoms. The Kier molecular flexibility index (Phi) is 3.38. The minimum atomic E-state index is 0.600. The van der Waals surface area contributed by atoms with Gasteiger partial charge in [-0.1, -0.05) is 11.6 Å². The Labute approximate surface area is 127 Å². The first kappa shape index (κ1) is 12.8. The highest BCUT2D eigenvalue weighted by molar-refractivity contribution is 9.10. The largest absolute Gasteiger partial charge is 0.337 e. The van der Waals surface area contributed by atoms with E-state index >= 15 is 0 Å². The number of aryl methyl sites for hydroxylation is 1. The molecule has 0 radical (unpaired) electrons. The number of fused-ring (bicyclic) bond motifs is 1. The predicted molar refractivity (Wildman–Crippen MR) is 82.4 cm³/mol. The molecule has 96 valence electrons. The molecule has 0 aliphatic carbocycles. The number of aromatic nitrogens is 3. The van der Waals surface area contributed by atoms with Crippen LogP contribution in [0.1, 0.15) is 5.56 Å². The van der Waals surface area contributed by atoms with Crippen molar-refractivity contribution in [1.82, 2.24) is 13.7 Å². The van der Waals surface area contributed by atoms with Crippen LogP contribution in [0.3, 0.4) is 0 Å². The van der Waals surface area contributed by atoms with Crippen LogP contribution in [0, 0.1) is 6.92 Å². The van der Waals surface area contributed by atoms with Crippen molar-refractivity contribution in [3.63, 3.8) is 0 Å². The Bertz CT molecular complexity index is 759. The molecule has 0 aliphatic rings. The van der Waals surface area contributed by atoms with E-state index in [1.54, 1.807) is 12.3 Å². The number of pyridine rings is 1. The molecule has 0 aliphatic heterocycles. The fraction of sp³-hybridized carbons (Fsp3) is 0.0833. The molecule has 0 unspecified atom stereocenters. The molecule has 3 rings (SSSR count). The summed E-state index contributed by atoms with van der Waals surface area (Å²) in [5.74, 6) is 0.725. The highest BCUT2D eigenvalue weighted by Crippen LogP contribution is 2.32. The van der Waals surface area contributed by atoms with E-state index in [9.17, 15) is 0 Å². The normalized spacial score (nSPS) is 10.9. The van der Waals surface area contributed by atoms with Gasteiger partial charge in [0.05, 0.1) is 22.4 Å². The Morgan fingerprint density at radius 1 is 1.32 bits per heavy atom. The van der Waals surface area contributed by atoms with Gasteiger partial charge in [-0.05, 0) is 46.6 Å². The van der Waals surface area contributed by atoms with Crippen LogP contribution >= 0.6 is 39.3 Å². The number of halogens is 2. The van der Waals surface area contributed by atoms with Crippen molar-refractivity contribution >= 4 is 61.8 Å². The van der Waals surface area contributed by atoms with Gasteiger partial charge in [-0.3, -0.25) is 0 Å². The molecule has 0 spiro atoms. The summed E-state index contributed by atoms with van der Waals surface area (Å²) in [6.45, 7) is 2.00. The summed E-state index contributed by atoms with van der Waals surface area (Å²) in [6, 6.07) is 5.60. The van der Waals surface area contributed by atoms with Crippen LogP contribution in [0.5, 0.6) is 0 Å². The second-order valence-electron chi connectivity index (χ2n) is 4.00. The summed E-state index contributed by atoms with van der Waals surface area (Å²) in [5, 5.41) is 3.81. The van der Waals surface area contributed by atoms with Gasteiger partial charge in [0, 0.05) is 10.7 Å². The van der Waals surface area contributed by atoms with Crippen molar-refractivity contribution in [3.8, 4) is 0 Å². The van der Waals surface area contributed by atoms with Crippen molar-refractivity contribution in [2.45, 2.75) is 6.92 Å². The van der Waals surface area contributed by atoms with Gasteiger partial charge in [0.1, 0.15) is 16.9 Å². The van der Waals surface area contributed by atoms with Crippen molar-refractivity contribution in [3.05, 3.63) is 39.5 Å². The highest BCUT2D eigenvalue weighted by Gasteiger charge is 2.11. The fourth-order valence-electron chi connectivity index (χ4n) is 1.68. The SMILES string of the molecule is Cc1cc(Nc2c(Cl)ccc3nsnc23)ncc1Br. The minimum absolute atomic E-state index is 0.600. The highest BCUT2D eigenvalue weighted by atomic mass is 79.9. The zero-order valence-corrected chi connectivity index (χ0v) is 13.0. The van der Waals surface area contributed by atoms with Crippen LogP contribution in [-0.2, 0) is 0 Å². The van der Waals surface area contributed by atoms with Gasteiger partial charge >= 0.3 is 0 Å². The first-order valence-corrected chi connectivity index (χ1v) is 7.35. The lowest BCUT2D eigenvalue weighted by Crippen LogP contribution is -1.96. The van der Waals surface area contributed by atoms with Gasteiger partial charge in [-0.15, -0.1) is 0 Å². The number of nitrogens with zero attached hydrogens (tertiary/aromatic N) is 3. The van der Waals surface area contributed by atoms with Gasteiger partial charge in [-0.25, -0.2) is 4.98 Å². The molecule has 4 nitrogen and oxygen atoms in total. The van der Waals surface area contributed by atoms with Crippen molar-refractivity contribution in [1.29, 1.82) is 0 Å². The van der Waals surface area contributed by atoms with E-state index in [1.165, 1.54) is 11.7 Å². The van der Waals surface area contributed by atoms with E-state index in [2.05, 4.69) is 35.0 Å². The number of rotatable bonds is 2. The molecule has 2 heterocycles. The quantitative estimate of drug-likeness (QED) is 0.732. The molecule has 3 aromatic rings. The van der Waals surface area contributed by atoms with E-state index in [0.717, 1.165) is 32.6 Å². The molecule has 0 saturated carbocycles. The number of nitrogens with one attached hydrogen (secondary N) is 1. The molecule has 1 aromatic carbocycles. The van der Waals surface area contributed by atoms with E-state index in [-0.39, 0.29) is 0 Å². The Hall–Kier alpha value is -1.24. The fourth-order valence-corrected chi connectivity index (χ4v) is 2.64. The standard InChI is InChI=1S/C12H8BrClN4S/c1-6-4-10(15-5-7(6)13)16-11-8(14)2-3-9-12(11)18-19-17-9/h2-5H,1H3,(H,15,16). The third kappa shape index (κ3) is 2.43. The maximum absolute atomic E-state index is 6.22. The van der Waals surface area contributed by atoms with Crippen LogP contribution in [0.25, 0.3) is 11.0 Å². The van der Waals surface area contributed by atoms with Crippen LogP contribution in [0.4, 0.5) is 11.5 Å². The van der Waals surface area contributed by atoms with Gasteiger partial charge in [-0.2, -0.15) is 8.75 Å². The average Bonchev–Trinajstić information content (AvgIpc) is 2.86. The molecule has 0 bridgehead atoms. The molecule has 2 aromatic heterocycles. The smallest absolute Gasteiger partial charge is 0.130 e. The van der Waals surface area contributed by atoms with Gasteiger partial charge in [0.2, 0.25) is 0 Å². The van der Waals surface area contributed by atoms with Crippen molar-refractivity contribution in [2.75, 3.05) is 5.32 Å². The molecule has 0 atom stereocenters. The maximum atomic E-state index is 6.22. The molecular weight excluding hydrogens is 348 g/mol. The summed E-state index contributed by atoms with van der Waals surface area (Å²) in [4.78, 5) is 4.31. The Morgan fingerprint density at radius 3 is 2.95 bits per heavy atom. The van der Waals surface area contributed by atoms with E-state index in [1.807, 2.05) is 19.1 Å². The Morgan fingerprint density at radius 2 is 2.16 bits per heavy atom. The van der Waals surface area contributed by atoms with E-state index < -0.39 is 0 Å². The summed E-state index contributed by atoms with van der Waals surface area (Å²) in [6.07, 6.45) is 1.75. The summed E-state index contributed by atoms with van der Waals surface area (Å²) in [5.41, 5.74) is 3.42. The molecule has 7 heteroatoms. The Balaban J connectivity index is 2.07. The number of hydrogen-bond donors (Lipinski definition) is 1. The molecule has 1 N–H and O–H groups in total. The summed E-state index contributed by atoms with van der Waals surface area (Å²) < 4.78 is 9.43. The second-order valence-corrected chi connectivity index (χ2v) is 5.79. The van der Waals surface area contributed by atoms with Crippen molar-refractivity contribution < 1.29 is 0 Å². The minimum Gasteiger partial charge on any atom is -0.337 e. The van der Waals surface area contributed by atoms with Gasteiger partial charge < -0.3 is 5.32 Å². The molecule has 0 fully saturated rings. The van der Waals surface area contributed by atoms with Crippen molar-refractivity contribution in [2.24, 2.45) is 0 Å². The third-order valence-electron chi connectivity index (χ3n) is 2.68. The zero-order valence-electron chi connectivity index (χ0n) is 9.82. The van der Waals surface area contributed by atoms with Gasteiger partial charge in [0.25, 0.3) is 0 Å². The maximum Gasteiger partial charge on any atom is 0.130 e. The van der Waals surface area contributed by atoms with Crippen LogP contribution in [0.15, 0.2) is 28.9 Å². The summed E-state index contributed by atoms with van der Waals surface area (Å²) in [7, 11) is 0. The lowest BCUT2D eigenvalue weighted by atomic mass is 10.2. The van der Waals surface area contributed by atoms with Crippen LogP contribution < -0.4 is 5.32 Å².